The Morgan fingerprint density at radius 2 is 1.40 bits per heavy atom. The summed E-state index contributed by atoms with van der Waals surface area (Å²) in [6.07, 6.45) is 0. The van der Waals surface area contributed by atoms with Gasteiger partial charge in [0, 0.05) is 0 Å². The van der Waals surface area contributed by atoms with Crippen LogP contribution in [0.1, 0.15) is 0 Å². The molecule has 0 aliphatic heterocycles. The van der Waals surface area contributed by atoms with Crippen molar-refractivity contribution in [1.29, 1.82) is 0 Å². The maximum absolute atomic E-state index is 12.9. The minimum Gasteiger partial charge on any atom is -0.207 e. The lowest BCUT2D eigenvalue weighted by Gasteiger charge is -2.02. The topological polar surface area (TPSA) is 0 Å². The van der Waals surface area contributed by atoms with Crippen LogP contribution in [-0.4, -0.2) is 0 Å². The van der Waals surface area contributed by atoms with Gasteiger partial charge in [0.1, 0.15) is 5.82 Å². The van der Waals surface area contributed by atoms with Gasteiger partial charge in [-0.3, -0.25) is 0 Å². The summed E-state index contributed by atoms with van der Waals surface area (Å²) in [6.45, 7) is 0. The Morgan fingerprint density at radius 1 is 0.667 bits per heavy atom. The lowest BCUT2D eigenvalue weighted by Crippen LogP contribution is -1.85. The molecule has 0 saturated carbocycles. The van der Waals surface area contributed by atoms with Gasteiger partial charge < -0.3 is 0 Å². The van der Waals surface area contributed by atoms with Crippen molar-refractivity contribution in [3.63, 3.8) is 0 Å². The molecule has 0 saturated heterocycles. The van der Waals surface area contributed by atoms with Crippen molar-refractivity contribution in [1.82, 2.24) is 0 Å². The van der Waals surface area contributed by atoms with Gasteiger partial charge in [0.2, 0.25) is 0 Å². The molecule has 0 fully saturated rings. The Bertz CT molecular complexity index is 492. The van der Waals surface area contributed by atoms with Gasteiger partial charge in [-0.1, -0.05) is 18.2 Å². The van der Waals surface area contributed by atoms with Crippen molar-refractivity contribution in [3.8, 4) is 11.1 Å². The fourth-order valence-electron chi connectivity index (χ4n) is 1.34. The molecule has 0 atom stereocenters. The fraction of sp³-hybridized carbons (Fsp3) is 0. The quantitative estimate of drug-likeness (QED) is 0.669. The van der Waals surface area contributed by atoms with Crippen LogP contribution in [0.2, 0.25) is 0 Å². The smallest absolute Gasteiger partial charge is 0.159 e. The van der Waals surface area contributed by atoms with Crippen molar-refractivity contribution >= 4 is 0 Å². The molecular weight excluding hydrogens is 201 g/mol. The molecule has 0 unspecified atom stereocenters. The highest BCUT2D eigenvalue weighted by Gasteiger charge is 2.04. The molecule has 0 spiro atoms. The summed E-state index contributed by atoms with van der Waals surface area (Å²) in [5.74, 6) is -2.25. The predicted octanol–water partition coefficient (Wildman–Crippen LogP) is 3.77. The van der Waals surface area contributed by atoms with Crippen LogP contribution in [-0.2, 0) is 0 Å². The van der Waals surface area contributed by atoms with E-state index in [9.17, 15) is 13.2 Å². The number of halogens is 3. The van der Waals surface area contributed by atoms with E-state index >= 15 is 0 Å². The molecule has 76 valence electrons. The van der Waals surface area contributed by atoms with Gasteiger partial charge >= 0.3 is 0 Å². The molecule has 0 N–H and O–H groups in total. The van der Waals surface area contributed by atoms with E-state index in [1.54, 1.807) is 6.07 Å². The summed E-state index contributed by atoms with van der Waals surface area (Å²) in [4.78, 5) is 0. The van der Waals surface area contributed by atoms with Crippen molar-refractivity contribution in [2.45, 2.75) is 0 Å². The molecule has 0 aromatic heterocycles. The highest BCUT2D eigenvalue weighted by Crippen LogP contribution is 2.21. The second-order valence-electron chi connectivity index (χ2n) is 3.14. The van der Waals surface area contributed by atoms with E-state index in [1.807, 2.05) is 0 Å². The summed E-state index contributed by atoms with van der Waals surface area (Å²) < 4.78 is 38.4. The molecule has 0 amide bonds. The molecule has 0 bridgehead atoms. The highest BCUT2D eigenvalue weighted by molar-refractivity contribution is 5.63. The second kappa shape index (κ2) is 3.77. The molecule has 2 aromatic rings. The second-order valence-corrected chi connectivity index (χ2v) is 3.14. The third-order valence-electron chi connectivity index (χ3n) is 2.08. The monoisotopic (exact) mass is 208 g/mol. The first-order chi connectivity index (χ1) is 7.16. The van der Waals surface area contributed by atoms with E-state index in [1.165, 1.54) is 24.3 Å². The van der Waals surface area contributed by atoms with E-state index in [0.29, 0.717) is 11.1 Å². The van der Waals surface area contributed by atoms with Crippen LogP contribution < -0.4 is 0 Å². The maximum atomic E-state index is 12.9. The number of benzene rings is 2. The van der Waals surface area contributed by atoms with E-state index in [0.717, 1.165) is 12.1 Å². The van der Waals surface area contributed by atoms with E-state index in [-0.39, 0.29) is 0 Å². The van der Waals surface area contributed by atoms with Gasteiger partial charge in [-0.05, 0) is 35.4 Å². The summed E-state index contributed by atoms with van der Waals surface area (Å²) >= 11 is 0. The SMILES string of the molecule is Fc1cccc(-c2ccc(F)c(F)c2)c1. The van der Waals surface area contributed by atoms with Crippen molar-refractivity contribution < 1.29 is 13.2 Å². The molecule has 0 heterocycles. The standard InChI is InChI=1S/C12H7F3/c13-10-3-1-2-8(6-10)9-4-5-11(14)12(15)7-9/h1-7H. The predicted molar refractivity (Wildman–Crippen MR) is 51.8 cm³/mol. The summed E-state index contributed by atoms with van der Waals surface area (Å²) in [5.41, 5.74) is 0.974. The van der Waals surface area contributed by atoms with Crippen LogP contribution in [0, 0.1) is 17.5 Å². The van der Waals surface area contributed by atoms with E-state index in [2.05, 4.69) is 0 Å². The third-order valence-corrected chi connectivity index (χ3v) is 2.08. The lowest BCUT2D eigenvalue weighted by atomic mass is 10.1. The molecule has 3 heteroatoms. The van der Waals surface area contributed by atoms with Gasteiger partial charge in [0.15, 0.2) is 11.6 Å². The van der Waals surface area contributed by atoms with Crippen molar-refractivity contribution in [2.75, 3.05) is 0 Å². The van der Waals surface area contributed by atoms with Crippen LogP contribution in [0.5, 0.6) is 0 Å². The van der Waals surface area contributed by atoms with E-state index in [4.69, 9.17) is 0 Å². The molecule has 2 rings (SSSR count). The number of hydrogen-bond acceptors (Lipinski definition) is 0. The zero-order valence-corrected chi connectivity index (χ0v) is 7.68. The molecule has 0 radical (unpaired) electrons. The molecule has 2 aromatic carbocycles. The van der Waals surface area contributed by atoms with Crippen LogP contribution >= 0.6 is 0 Å². The Kier molecular flexibility index (Phi) is 2.46. The number of hydrogen-bond donors (Lipinski definition) is 0. The van der Waals surface area contributed by atoms with Gasteiger partial charge in [-0.25, -0.2) is 13.2 Å². The van der Waals surface area contributed by atoms with Gasteiger partial charge in [0.05, 0.1) is 0 Å². The summed E-state index contributed by atoms with van der Waals surface area (Å²) in [6, 6.07) is 9.20. The maximum Gasteiger partial charge on any atom is 0.159 e. The van der Waals surface area contributed by atoms with Crippen LogP contribution in [0.25, 0.3) is 11.1 Å². The molecule has 15 heavy (non-hydrogen) atoms. The first-order valence-electron chi connectivity index (χ1n) is 4.38. The molecule has 0 nitrogen and oxygen atoms in total. The molecular formula is C12H7F3. The van der Waals surface area contributed by atoms with Crippen molar-refractivity contribution in [3.05, 3.63) is 59.9 Å². The van der Waals surface area contributed by atoms with Crippen molar-refractivity contribution in [2.24, 2.45) is 0 Å². The Morgan fingerprint density at radius 3 is 2.07 bits per heavy atom. The van der Waals surface area contributed by atoms with Crippen LogP contribution in [0.4, 0.5) is 13.2 Å². The van der Waals surface area contributed by atoms with Gasteiger partial charge in [0.25, 0.3) is 0 Å². The zero-order valence-electron chi connectivity index (χ0n) is 7.68. The largest absolute Gasteiger partial charge is 0.207 e. The Hall–Kier alpha value is -1.77. The summed E-state index contributed by atoms with van der Waals surface area (Å²) in [5, 5.41) is 0. The fourth-order valence-corrected chi connectivity index (χ4v) is 1.34. The average molecular weight is 208 g/mol. The van der Waals surface area contributed by atoms with Crippen LogP contribution in [0.15, 0.2) is 42.5 Å². The summed E-state index contributed by atoms with van der Waals surface area (Å²) in [7, 11) is 0. The first-order valence-corrected chi connectivity index (χ1v) is 4.38. The van der Waals surface area contributed by atoms with Gasteiger partial charge in [-0.15, -0.1) is 0 Å². The number of rotatable bonds is 1. The Balaban J connectivity index is 2.50. The Labute approximate surface area is 85.0 Å². The van der Waals surface area contributed by atoms with Crippen LogP contribution in [0.3, 0.4) is 0 Å². The van der Waals surface area contributed by atoms with Gasteiger partial charge in [-0.2, -0.15) is 0 Å². The lowest BCUT2D eigenvalue weighted by molar-refractivity contribution is 0.509. The average Bonchev–Trinajstić information content (AvgIpc) is 2.22. The normalized spacial score (nSPS) is 10.3. The minimum atomic E-state index is -0.934. The molecule has 0 aliphatic carbocycles. The minimum absolute atomic E-state index is 0.405. The highest BCUT2D eigenvalue weighted by atomic mass is 19.2. The zero-order chi connectivity index (χ0) is 10.8. The molecule has 0 aliphatic rings. The first kappa shape index (κ1) is 9.77. The third kappa shape index (κ3) is 2.01. The van der Waals surface area contributed by atoms with E-state index < -0.39 is 17.5 Å².